The second-order valence-electron chi connectivity index (χ2n) is 3.77. The predicted molar refractivity (Wildman–Crippen MR) is 65.0 cm³/mol. The van der Waals surface area contributed by atoms with E-state index in [1.807, 2.05) is 19.1 Å². The normalized spacial score (nSPS) is 11.6. The number of hydrogen-bond acceptors (Lipinski definition) is 2. The number of carbonyl (C=O) groups is 2. The highest BCUT2D eigenvalue weighted by atomic mass is 16.4. The van der Waals surface area contributed by atoms with Gasteiger partial charge in [-0.1, -0.05) is 19.1 Å². The van der Waals surface area contributed by atoms with Gasteiger partial charge in [0.2, 0.25) is 0 Å². The number of hydrogen-bond donors (Lipinski definition) is 3. The van der Waals surface area contributed by atoms with E-state index in [0.29, 0.717) is 12.1 Å². The Morgan fingerprint density at radius 1 is 1.41 bits per heavy atom. The molecule has 1 rings (SSSR count). The number of urea groups is 1. The molecule has 0 bridgehead atoms. The zero-order valence-electron chi connectivity index (χ0n) is 9.86. The molecule has 0 spiro atoms. The molecule has 0 fully saturated rings. The molecular formula is C12H16N2O3. The van der Waals surface area contributed by atoms with Crippen molar-refractivity contribution in [1.29, 1.82) is 0 Å². The minimum atomic E-state index is -1.04. The van der Waals surface area contributed by atoms with Crippen LogP contribution in [0.1, 0.15) is 18.9 Å². The molecule has 0 saturated heterocycles. The summed E-state index contributed by atoms with van der Waals surface area (Å²) in [5.41, 5.74) is 1.66. The Kier molecular flexibility index (Phi) is 4.51. The number of carbonyl (C=O) groups excluding carboxylic acids is 1. The highest BCUT2D eigenvalue weighted by Gasteiger charge is 2.17. The second kappa shape index (κ2) is 5.89. The first kappa shape index (κ1) is 13.0. The fourth-order valence-corrected chi connectivity index (χ4v) is 1.39. The summed E-state index contributed by atoms with van der Waals surface area (Å²) < 4.78 is 0. The SMILES string of the molecule is CCC(NC(=O)Nc1cccc(C)c1)C(=O)O. The summed E-state index contributed by atoms with van der Waals surface area (Å²) in [6, 6.07) is 5.91. The van der Waals surface area contributed by atoms with Gasteiger partial charge in [-0.3, -0.25) is 0 Å². The van der Waals surface area contributed by atoms with Crippen LogP contribution in [0.15, 0.2) is 24.3 Å². The molecule has 1 aromatic carbocycles. The van der Waals surface area contributed by atoms with Crippen molar-refractivity contribution in [1.82, 2.24) is 5.32 Å². The first-order valence-electron chi connectivity index (χ1n) is 5.40. The molecule has 2 amide bonds. The Labute approximate surface area is 99.8 Å². The van der Waals surface area contributed by atoms with Gasteiger partial charge in [-0.2, -0.15) is 0 Å². The lowest BCUT2D eigenvalue weighted by molar-refractivity contribution is -0.139. The Balaban J connectivity index is 2.58. The summed E-state index contributed by atoms with van der Waals surface area (Å²) in [6.07, 6.45) is 0.344. The molecule has 0 aliphatic carbocycles. The van der Waals surface area contributed by atoms with Crippen LogP contribution in [0.2, 0.25) is 0 Å². The highest BCUT2D eigenvalue weighted by Crippen LogP contribution is 2.09. The Bertz CT molecular complexity index is 418. The zero-order valence-corrected chi connectivity index (χ0v) is 9.86. The summed E-state index contributed by atoms with van der Waals surface area (Å²) in [4.78, 5) is 22.2. The lowest BCUT2D eigenvalue weighted by atomic mass is 10.2. The van der Waals surface area contributed by atoms with Gasteiger partial charge in [-0.25, -0.2) is 9.59 Å². The van der Waals surface area contributed by atoms with Gasteiger partial charge < -0.3 is 15.7 Å². The quantitative estimate of drug-likeness (QED) is 0.748. The Hall–Kier alpha value is -2.04. The molecule has 0 aromatic heterocycles. The summed E-state index contributed by atoms with van der Waals surface area (Å²) in [7, 11) is 0. The van der Waals surface area contributed by atoms with Crippen molar-refractivity contribution in [3.05, 3.63) is 29.8 Å². The van der Waals surface area contributed by atoms with Crippen LogP contribution in [0.3, 0.4) is 0 Å². The first-order chi connectivity index (χ1) is 8.02. The van der Waals surface area contributed by atoms with E-state index < -0.39 is 18.0 Å². The number of aliphatic carboxylic acids is 1. The maximum atomic E-state index is 11.5. The van der Waals surface area contributed by atoms with Gasteiger partial charge in [0.05, 0.1) is 0 Å². The van der Waals surface area contributed by atoms with Crippen molar-refractivity contribution >= 4 is 17.7 Å². The van der Waals surface area contributed by atoms with E-state index >= 15 is 0 Å². The number of rotatable bonds is 4. The summed E-state index contributed by atoms with van der Waals surface area (Å²) in [5, 5.41) is 13.8. The number of amides is 2. The summed E-state index contributed by atoms with van der Waals surface area (Å²) in [6.45, 7) is 3.61. The summed E-state index contributed by atoms with van der Waals surface area (Å²) >= 11 is 0. The highest BCUT2D eigenvalue weighted by molar-refractivity contribution is 5.92. The average molecular weight is 236 g/mol. The van der Waals surface area contributed by atoms with E-state index in [9.17, 15) is 9.59 Å². The van der Waals surface area contributed by atoms with Gasteiger partial charge in [0, 0.05) is 5.69 Å². The molecule has 92 valence electrons. The largest absolute Gasteiger partial charge is 0.480 e. The van der Waals surface area contributed by atoms with Crippen LogP contribution in [0.4, 0.5) is 10.5 Å². The maximum Gasteiger partial charge on any atom is 0.326 e. The molecular weight excluding hydrogens is 220 g/mol. The van der Waals surface area contributed by atoms with Crippen LogP contribution in [0.25, 0.3) is 0 Å². The molecule has 0 heterocycles. The molecule has 1 atom stereocenters. The van der Waals surface area contributed by atoms with Gasteiger partial charge >= 0.3 is 12.0 Å². The van der Waals surface area contributed by atoms with Crippen LogP contribution in [-0.4, -0.2) is 23.1 Å². The molecule has 1 unspecified atom stereocenters. The molecule has 0 aliphatic heterocycles. The van der Waals surface area contributed by atoms with Crippen LogP contribution < -0.4 is 10.6 Å². The fraction of sp³-hybridized carbons (Fsp3) is 0.333. The number of carboxylic acid groups (broad SMARTS) is 1. The molecule has 17 heavy (non-hydrogen) atoms. The van der Waals surface area contributed by atoms with Crippen molar-refractivity contribution in [2.45, 2.75) is 26.3 Å². The second-order valence-corrected chi connectivity index (χ2v) is 3.77. The lowest BCUT2D eigenvalue weighted by Gasteiger charge is -2.13. The molecule has 5 nitrogen and oxygen atoms in total. The molecule has 0 saturated carbocycles. The van der Waals surface area contributed by atoms with E-state index in [0.717, 1.165) is 5.56 Å². The van der Waals surface area contributed by atoms with Gasteiger partial charge in [-0.15, -0.1) is 0 Å². The van der Waals surface area contributed by atoms with E-state index in [-0.39, 0.29) is 0 Å². The molecule has 0 radical (unpaired) electrons. The Morgan fingerprint density at radius 3 is 2.65 bits per heavy atom. The monoisotopic (exact) mass is 236 g/mol. The van der Waals surface area contributed by atoms with Crippen molar-refractivity contribution in [3.8, 4) is 0 Å². The van der Waals surface area contributed by atoms with Gasteiger partial charge in [0.1, 0.15) is 6.04 Å². The van der Waals surface area contributed by atoms with Crippen molar-refractivity contribution in [2.75, 3.05) is 5.32 Å². The van der Waals surface area contributed by atoms with Crippen LogP contribution in [-0.2, 0) is 4.79 Å². The number of anilines is 1. The van der Waals surface area contributed by atoms with Crippen molar-refractivity contribution < 1.29 is 14.7 Å². The third-order valence-corrected chi connectivity index (χ3v) is 2.29. The van der Waals surface area contributed by atoms with Crippen LogP contribution in [0, 0.1) is 6.92 Å². The minimum Gasteiger partial charge on any atom is -0.480 e. The van der Waals surface area contributed by atoms with E-state index in [4.69, 9.17) is 5.11 Å². The predicted octanol–water partition coefficient (Wildman–Crippen LogP) is 1.98. The van der Waals surface area contributed by atoms with E-state index in [2.05, 4.69) is 10.6 Å². The van der Waals surface area contributed by atoms with Crippen LogP contribution >= 0.6 is 0 Å². The molecule has 3 N–H and O–H groups in total. The Morgan fingerprint density at radius 2 is 2.12 bits per heavy atom. The third kappa shape index (κ3) is 4.14. The van der Waals surface area contributed by atoms with Crippen LogP contribution in [0.5, 0.6) is 0 Å². The van der Waals surface area contributed by atoms with Gasteiger partial charge in [0.15, 0.2) is 0 Å². The summed E-state index contributed by atoms with van der Waals surface area (Å²) in [5.74, 6) is -1.04. The number of aryl methyl sites for hydroxylation is 1. The number of benzene rings is 1. The van der Waals surface area contributed by atoms with E-state index in [1.54, 1.807) is 19.1 Å². The number of carboxylic acids is 1. The average Bonchev–Trinajstić information content (AvgIpc) is 2.25. The van der Waals surface area contributed by atoms with Crippen molar-refractivity contribution in [2.24, 2.45) is 0 Å². The fourth-order valence-electron chi connectivity index (χ4n) is 1.39. The topological polar surface area (TPSA) is 78.4 Å². The smallest absolute Gasteiger partial charge is 0.326 e. The van der Waals surface area contributed by atoms with E-state index in [1.165, 1.54) is 0 Å². The van der Waals surface area contributed by atoms with Gasteiger partial charge in [0.25, 0.3) is 0 Å². The van der Waals surface area contributed by atoms with Crippen molar-refractivity contribution in [3.63, 3.8) is 0 Å². The number of nitrogens with one attached hydrogen (secondary N) is 2. The molecule has 0 aliphatic rings. The minimum absolute atomic E-state index is 0.344. The third-order valence-electron chi connectivity index (χ3n) is 2.29. The maximum absolute atomic E-state index is 11.5. The standard InChI is InChI=1S/C12H16N2O3/c1-3-10(11(15)16)14-12(17)13-9-6-4-5-8(2)7-9/h4-7,10H,3H2,1-2H3,(H,15,16)(H2,13,14,17). The lowest BCUT2D eigenvalue weighted by Crippen LogP contribution is -2.42. The zero-order chi connectivity index (χ0) is 12.8. The molecule has 5 heteroatoms. The van der Waals surface area contributed by atoms with Gasteiger partial charge in [-0.05, 0) is 31.0 Å². The first-order valence-corrected chi connectivity index (χ1v) is 5.40. The molecule has 1 aromatic rings.